The molecule has 4 fully saturated rings. The normalized spacial score (nSPS) is 31.9. The third-order valence-electron chi connectivity index (χ3n) is 9.32. The maximum Gasteiger partial charge on any atom is 0.255 e. The van der Waals surface area contributed by atoms with Gasteiger partial charge >= 0.3 is 0 Å². The van der Waals surface area contributed by atoms with Crippen LogP contribution in [-0.4, -0.2) is 73.4 Å². The molecule has 0 aromatic heterocycles. The molecule has 15 heteroatoms. The number of fused-ring (bicyclic) bond motifs is 3. The van der Waals surface area contributed by atoms with E-state index in [2.05, 4.69) is 10.6 Å². The van der Waals surface area contributed by atoms with E-state index in [9.17, 15) is 36.3 Å². The fourth-order valence-electron chi connectivity index (χ4n) is 7.12. The Balaban J connectivity index is 1.13. The lowest BCUT2D eigenvalue weighted by Gasteiger charge is -2.42. The average molecular weight is 673 g/mol. The first-order valence-electron chi connectivity index (χ1n) is 14.6. The number of hydrogen-bond donors (Lipinski definition) is 3. The number of carbonyl (C=O) groups excluding carboxylic acids is 2. The van der Waals surface area contributed by atoms with E-state index in [-0.39, 0.29) is 53.3 Å². The van der Waals surface area contributed by atoms with Crippen molar-refractivity contribution in [3.8, 4) is 0 Å². The van der Waals surface area contributed by atoms with Crippen LogP contribution in [0.25, 0.3) is 0 Å². The van der Waals surface area contributed by atoms with Gasteiger partial charge in [-0.2, -0.15) is 0 Å². The van der Waals surface area contributed by atoms with Gasteiger partial charge in [-0.15, -0.1) is 0 Å². The van der Waals surface area contributed by atoms with E-state index in [1.807, 2.05) is 0 Å². The summed E-state index contributed by atoms with van der Waals surface area (Å²) < 4.78 is 85.4. The average Bonchev–Trinajstić information content (AvgIpc) is 3.51. The van der Waals surface area contributed by atoms with Crippen molar-refractivity contribution in [1.82, 2.24) is 5.32 Å². The number of amides is 2. The molecule has 2 amide bonds. The molecule has 2 unspecified atom stereocenters. The molecule has 2 heterocycles. The van der Waals surface area contributed by atoms with Crippen LogP contribution >= 0.6 is 11.6 Å². The lowest BCUT2D eigenvalue weighted by molar-refractivity contribution is -0.178. The summed E-state index contributed by atoms with van der Waals surface area (Å²) in [5.74, 6) is -7.75. The Hall–Kier alpha value is -2.75. The van der Waals surface area contributed by atoms with Crippen LogP contribution in [-0.2, 0) is 28.8 Å². The lowest BCUT2D eigenvalue weighted by atomic mass is 9.74. The monoisotopic (exact) mass is 672 g/mol. The number of rotatable bonds is 7. The van der Waals surface area contributed by atoms with E-state index >= 15 is 0 Å². The van der Waals surface area contributed by atoms with Crippen molar-refractivity contribution in [2.45, 2.75) is 79.4 Å². The molecule has 6 rings (SSSR count). The SMILES string of the molecule is CC1(C)O[C@H]2[C@H](CO[C@@H]2C(=O)NCC2(O)C3CCC2CC(S(=O)(=O)c2cc(C(=O)Nc4cc(F)c(F)c(F)c4)ccc2Cl)C3)O1. The maximum atomic E-state index is 13.8. The standard InChI is InChI=1S/C30H32ClF3N2O8S/c1-29(2)43-22-12-42-26(25(22)44-29)28(38)35-13-30(39)15-4-5-16(30)9-18(8-15)45(40,41)23-7-14(3-6-19(23)31)27(37)36-17-10-20(32)24(34)21(33)11-17/h3,6-7,10-11,15-16,18,22,25-26,39H,4-5,8-9,12-13H2,1-2H3,(H,35,38)(H,36,37)/t15?,16?,18?,22-,25-,26-,30?/m0/s1. The molecule has 2 bridgehead atoms. The summed E-state index contributed by atoms with van der Waals surface area (Å²) >= 11 is 6.29. The zero-order chi connectivity index (χ0) is 32.5. The van der Waals surface area contributed by atoms with Crippen molar-refractivity contribution in [2.75, 3.05) is 18.5 Å². The highest BCUT2D eigenvalue weighted by Crippen LogP contribution is 2.52. The summed E-state index contributed by atoms with van der Waals surface area (Å²) in [5, 5.41) is 15.7. The third-order valence-corrected chi connectivity index (χ3v) is 12.0. The van der Waals surface area contributed by atoms with Crippen LogP contribution in [0.5, 0.6) is 0 Å². The van der Waals surface area contributed by atoms with Crippen LogP contribution in [0.4, 0.5) is 18.9 Å². The zero-order valence-corrected chi connectivity index (χ0v) is 25.9. The van der Waals surface area contributed by atoms with Gasteiger partial charge in [0.25, 0.3) is 11.8 Å². The predicted octanol–water partition coefficient (Wildman–Crippen LogP) is 3.74. The molecule has 4 aliphatic rings. The van der Waals surface area contributed by atoms with Crippen molar-refractivity contribution >= 4 is 38.9 Å². The van der Waals surface area contributed by atoms with Gasteiger partial charge in [0, 0.05) is 29.9 Å². The van der Waals surface area contributed by atoms with E-state index in [1.165, 1.54) is 12.1 Å². The van der Waals surface area contributed by atoms with Gasteiger partial charge in [-0.25, -0.2) is 21.6 Å². The van der Waals surface area contributed by atoms with E-state index in [4.69, 9.17) is 25.8 Å². The molecule has 45 heavy (non-hydrogen) atoms. The second-order valence-corrected chi connectivity index (χ2v) is 15.2. The Morgan fingerprint density at radius 1 is 1.04 bits per heavy atom. The van der Waals surface area contributed by atoms with Crippen molar-refractivity contribution in [2.24, 2.45) is 11.8 Å². The summed E-state index contributed by atoms with van der Waals surface area (Å²) in [6.07, 6.45) is -0.542. The number of halogens is 4. The minimum absolute atomic E-state index is 0.0869. The van der Waals surface area contributed by atoms with Gasteiger partial charge in [-0.05, 0) is 69.6 Å². The molecule has 2 saturated carbocycles. The summed E-state index contributed by atoms with van der Waals surface area (Å²) in [5.41, 5.74) is -1.85. The highest BCUT2D eigenvalue weighted by atomic mass is 35.5. The lowest BCUT2D eigenvalue weighted by Crippen LogP contribution is -2.56. The second-order valence-electron chi connectivity index (χ2n) is 12.6. The van der Waals surface area contributed by atoms with Gasteiger partial charge in [0.1, 0.15) is 12.2 Å². The number of ether oxygens (including phenoxy) is 3. The van der Waals surface area contributed by atoms with Gasteiger partial charge in [0.15, 0.2) is 39.2 Å². The maximum absolute atomic E-state index is 13.8. The Labute approximate surface area is 262 Å². The highest BCUT2D eigenvalue weighted by Gasteiger charge is 2.57. The third kappa shape index (κ3) is 5.85. The molecule has 10 nitrogen and oxygen atoms in total. The second kappa shape index (κ2) is 11.5. The first kappa shape index (κ1) is 32.2. The largest absolute Gasteiger partial charge is 0.387 e. The van der Waals surface area contributed by atoms with Gasteiger partial charge in [-0.3, -0.25) is 9.59 Å². The smallest absolute Gasteiger partial charge is 0.255 e. The number of hydrogen-bond acceptors (Lipinski definition) is 8. The quantitative estimate of drug-likeness (QED) is 0.378. The van der Waals surface area contributed by atoms with Crippen LogP contribution in [0, 0.1) is 29.3 Å². The van der Waals surface area contributed by atoms with E-state index in [0.717, 1.165) is 6.07 Å². The van der Waals surface area contributed by atoms with E-state index in [0.29, 0.717) is 25.0 Å². The zero-order valence-electron chi connectivity index (χ0n) is 24.3. The molecule has 2 saturated heterocycles. The molecule has 2 aliphatic carbocycles. The molecular formula is C30H32ClF3N2O8S. The van der Waals surface area contributed by atoms with Crippen LogP contribution in [0.2, 0.25) is 5.02 Å². The van der Waals surface area contributed by atoms with Gasteiger partial charge in [0.2, 0.25) is 0 Å². The highest BCUT2D eigenvalue weighted by molar-refractivity contribution is 7.92. The molecule has 244 valence electrons. The fourth-order valence-corrected chi connectivity index (χ4v) is 9.52. The molecule has 5 atom stereocenters. The number of anilines is 1. The predicted molar refractivity (Wildman–Crippen MR) is 154 cm³/mol. The number of sulfone groups is 1. The summed E-state index contributed by atoms with van der Waals surface area (Å²) in [6.45, 7) is 3.63. The van der Waals surface area contributed by atoms with Crippen molar-refractivity contribution in [3.63, 3.8) is 0 Å². The Morgan fingerprint density at radius 2 is 1.69 bits per heavy atom. The van der Waals surface area contributed by atoms with Crippen molar-refractivity contribution < 1.29 is 50.5 Å². The number of aliphatic hydroxyl groups is 1. The number of carbonyl (C=O) groups is 2. The number of benzene rings is 2. The minimum atomic E-state index is -4.11. The van der Waals surface area contributed by atoms with Crippen LogP contribution in [0.3, 0.4) is 0 Å². The summed E-state index contributed by atoms with van der Waals surface area (Å²) in [6, 6.07) is 4.76. The van der Waals surface area contributed by atoms with Gasteiger partial charge in [0.05, 0.1) is 27.4 Å². The van der Waals surface area contributed by atoms with Crippen LogP contribution in [0.1, 0.15) is 49.9 Å². The Morgan fingerprint density at radius 3 is 2.33 bits per heavy atom. The first-order chi connectivity index (χ1) is 21.1. The Bertz CT molecular complexity index is 1620. The van der Waals surface area contributed by atoms with Crippen molar-refractivity contribution in [3.05, 3.63) is 58.4 Å². The minimum Gasteiger partial charge on any atom is -0.387 e. The first-order valence-corrected chi connectivity index (χ1v) is 16.5. The molecule has 0 radical (unpaired) electrons. The topological polar surface area (TPSA) is 140 Å². The summed E-state index contributed by atoms with van der Waals surface area (Å²) in [7, 11) is -4.11. The fraction of sp³-hybridized carbons (Fsp3) is 0.533. The van der Waals surface area contributed by atoms with Crippen LogP contribution in [0.15, 0.2) is 35.2 Å². The van der Waals surface area contributed by atoms with Crippen molar-refractivity contribution in [1.29, 1.82) is 0 Å². The molecule has 2 aliphatic heterocycles. The summed E-state index contributed by atoms with van der Waals surface area (Å²) in [4.78, 5) is 25.6. The van der Waals surface area contributed by atoms with E-state index in [1.54, 1.807) is 13.8 Å². The van der Waals surface area contributed by atoms with Gasteiger partial charge in [-0.1, -0.05) is 11.6 Å². The molecular weight excluding hydrogens is 641 g/mol. The van der Waals surface area contributed by atoms with Gasteiger partial charge < -0.3 is 30.0 Å². The van der Waals surface area contributed by atoms with E-state index < -0.39 is 79.8 Å². The van der Waals surface area contributed by atoms with Crippen LogP contribution < -0.4 is 10.6 Å². The number of nitrogens with one attached hydrogen (secondary N) is 2. The Kier molecular flexibility index (Phi) is 8.22. The molecule has 2 aromatic carbocycles. The molecule has 3 N–H and O–H groups in total. The molecule has 2 aromatic rings. The molecule has 0 spiro atoms.